The minimum absolute atomic E-state index is 0.0663. The van der Waals surface area contributed by atoms with Crippen LogP contribution in [0.4, 0.5) is 0 Å². The monoisotopic (exact) mass is 1130 g/mol. The molecule has 0 aliphatic heterocycles. The Balaban J connectivity index is 3.44. The number of hydrogen-bond acceptors (Lipinski definition) is 3. The molecule has 0 saturated heterocycles. The van der Waals surface area contributed by atoms with Gasteiger partial charge < -0.3 is 15.5 Å². The van der Waals surface area contributed by atoms with Crippen LogP contribution in [0.1, 0.15) is 406 Å². The first-order chi connectivity index (χ1) is 40.2. The number of carbonyl (C=O) groups is 1. The molecule has 0 aliphatic carbocycles. The van der Waals surface area contributed by atoms with Crippen LogP contribution < -0.4 is 5.32 Å². The van der Waals surface area contributed by atoms with E-state index in [0.717, 1.165) is 44.9 Å². The molecule has 2 unspecified atom stereocenters. The Morgan fingerprint density at radius 2 is 0.519 bits per heavy atom. The van der Waals surface area contributed by atoms with Gasteiger partial charge >= 0.3 is 0 Å². The maximum Gasteiger partial charge on any atom is 0.220 e. The fraction of sp³-hybridized carbons (Fsp3) is 0.857. The van der Waals surface area contributed by atoms with Crippen LogP contribution in [0, 0.1) is 0 Å². The molecule has 0 rings (SSSR count). The van der Waals surface area contributed by atoms with Gasteiger partial charge in [0.15, 0.2) is 0 Å². The number of hydrogen-bond donors (Lipinski definition) is 3. The first-order valence-corrected chi connectivity index (χ1v) is 37.0. The van der Waals surface area contributed by atoms with Crippen LogP contribution in [0.15, 0.2) is 60.8 Å². The van der Waals surface area contributed by atoms with Crippen molar-refractivity contribution in [3.8, 4) is 0 Å². The van der Waals surface area contributed by atoms with Crippen LogP contribution in [0.3, 0.4) is 0 Å². The number of aliphatic hydroxyl groups excluding tert-OH is 2. The Hall–Kier alpha value is -1.91. The first-order valence-electron chi connectivity index (χ1n) is 37.0. The topological polar surface area (TPSA) is 69.6 Å². The predicted molar refractivity (Wildman–Crippen MR) is 364 cm³/mol. The molecule has 3 N–H and O–H groups in total. The van der Waals surface area contributed by atoms with Crippen molar-refractivity contribution in [2.75, 3.05) is 6.61 Å². The number of aliphatic hydroxyl groups is 2. The van der Waals surface area contributed by atoms with E-state index in [-0.39, 0.29) is 12.5 Å². The highest BCUT2D eigenvalue weighted by Gasteiger charge is 2.18. The average molecular weight is 1130 g/mol. The lowest BCUT2D eigenvalue weighted by atomic mass is 10.0. The van der Waals surface area contributed by atoms with E-state index in [9.17, 15) is 15.0 Å². The van der Waals surface area contributed by atoms with Crippen LogP contribution in [0.25, 0.3) is 0 Å². The van der Waals surface area contributed by atoms with Crippen LogP contribution in [-0.2, 0) is 4.79 Å². The molecule has 4 nitrogen and oxygen atoms in total. The summed E-state index contributed by atoms with van der Waals surface area (Å²) in [6.07, 6.45) is 103. The van der Waals surface area contributed by atoms with E-state index in [1.165, 1.54) is 340 Å². The maximum absolute atomic E-state index is 12.5. The summed E-state index contributed by atoms with van der Waals surface area (Å²) in [6.45, 7) is 4.33. The van der Waals surface area contributed by atoms with E-state index < -0.39 is 12.1 Å². The van der Waals surface area contributed by atoms with Gasteiger partial charge in [0, 0.05) is 6.42 Å². The van der Waals surface area contributed by atoms with E-state index in [2.05, 4.69) is 67.8 Å². The molecule has 0 aromatic carbocycles. The molecule has 0 spiro atoms. The molecule has 2 atom stereocenters. The normalized spacial score (nSPS) is 13.0. The molecule has 1 amide bonds. The molecular weight excluding hydrogens is 987 g/mol. The van der Waals surface area contributed by atoms with Crippen molar-refractivity contribution >= 4 is 5.91 Å². The number of rotatable bonds is 69. The number of nitrogens with one attached hydrogen (secondary N) is 1. The van der Waals surface area contributed by atoms with Crippen molar-refractivity contribution in [2.24, 2.45) is 0 Å². The van der Waals surface area contributed by atoms with E-state index in [0.29, 0.717) is 6.42 Å². The van der Waals surface area contributed by atoms with Gasteiger partial charge in [0.25, 0.3) is 0 Å². The molecule has 0 saturated carbocycles. The number of carbonyl (C=O) groups excluding carboxylic acids is 1. The third-order valence-electron chi connectivity index (χ3n) is 17.2. The van der Waals surface area contributed by atoms with Gasteiger partial charge in [-0.25, -0.2) is 0 Å². The second kappa shape index (κ2) is 72.3. The number of unbranched alkanes of at least 4 members (excludes halogenated alkanes) is 54. The summed E-state index contributed by atoms with van der Waals surface area (Å²) in [5.41, 5.74) is 0. The quantitative estimate of drug-likeness (QED) is 0.0420. The molecule has 476 valence electrons. The fourth-order valence-corrected chi connectivity index (χ4v) is 11.6. The van der Waals surface area contributed by atoms with Gasteiger partial charge in [-0.1, -0.05) is 389 Å². The summed E-state index contributed by atoms with van der Waals surface area (Å²) < 4.78 is 0. The van der Waals surface area contributed by atoms with Crippen LogP contribution >= 0.6 is 0 Å². The average Bonchev–Trinajstić information content (AvgIpc) is 3.47. The summed E-state index contributed by atoms with van der Waals surface area (Å²) in [5, 5.41) is 23.3. The lowest BCUT2D eigenvalue weighted by Crippen LogP contribution is -2.45. The smallest absolute Gasteiger partial charge is 0.220 e. The molecule has 0 aromatic rings. The molecular formula is C77H145NO3. The zero-order chi connectivity index (χ0) is 58.4. The zero-order valence-electron chi connectivity index (χ0n) is 55.1. The lowest BCUT2D eigenvalue weighted by Gasteiger charge is -2.19. The molecule has 0 heterocycles. The Morgan fingerprint density at radius 1 is 0.296 bits per heavy atom. The van der Waals surface area contributed by atoms with Crippen molar-refractivity contribution in [1.29, 1.82) is 0 Å². The first kappa shape index (κ1) is 79.1. The molecule has 0 fully saturated rings. The van der Waals surface area contributed by atoms with Gasteiger partial charge in [-0.05, 0) is 70.6 Å². The van der Waals surface area contributed by atoms with Crippen LogP contribution in [0.5, 0.6) is 0 Å². The third-order valence-corrected chi connectivity index (χ3v) is 17.2. The number of amides is 1. The van der Waals surface area contributed by atoms with Crippen molar-refractivity contribution < 1.29 is 15.0 Å². The van der Waals surface area contributed by atoms with Gasteiger partial charge in [0.05, 0.1) is 18.8 Å². The molecule has 0 aromatic heterocycles. The second-order valence-electron chi connectivity index (χ2n) is 25.4. The Kier molecular flexibility index (Phi) is 70.6. The van der Waals surface area contributed by atoms with Crippen molar-refractivity contribution in [1.82, 2.24) is 5.32 Å². The largest absolute Gasteiger partial charge is 0.394 e. The summed E-state index contributed by atoms with van der Waals surface area (Å²) >= 11 is 0. The minimum atomic E-state index is -0.864. The van der Waals surface area contributed by atoms with Crippen LogP contribution in [-0.4, -0.2) is 34.9 Å². The SMILES string of the molecule is CCCCCCC/C=C\C/C=C\C/C=C\CCCCCCCCCCCCCCCCCCCCCCCCCCC(=O)NC(CO)C(O)/C=C/CC/C=C/CCCCCCCCCCCCCCCCCCCCCCCCCC. The van der Waals surface area contributed by atoms with Crippen molar-refractivity contribution in [2.45, 2.75) is 418 Å². The molecule has 81 heavy (non-hydrogen) atoms. The van der Waals surface area contributed by atoms with Gasteiger partial charge in [-0.3, -0.25) is 4.79 Å². The molecule has 4 heteroatoms. The number of allylic oxidation sites excluding steroid dienone is 9. The predicted octanol–water partition coefficient (Wildman–Crippen LogP) is 25.4. The maximum atomic E-state index is 12.5. The van der Waals surface area contributed by atoms with Crippen molar-refractivity contribution in [3.63, 3.8) is 0 Å². The Morgan fingerprint density at radius 3 is 0.802 bits per heavy atom. The summed E-state index contributed by atoms with van der Waals surface area (Å²) in [7, 11) is 0. The zero-order valence-corrected chi connectivity index (χ0v) is 55.1. The second-order valence-corrected chi connectivity index (χ2v) is 25.4. The summed E-state index contributed by atoms with van der Waals surface area (Å²) in [5.74, 6) is -0.0663. The lowest BCUT2D eigenvalue weighted by molar-refractivity contribution is -0.123. The molecule has 0 bridgehead atoms. The van der Waals surface area contributed by atoms with Gasteiger partial charge in [0.1, 0.15) is 0 Å². The third kappa shape index (κ3) is 68.8. The molecule has 0 aliphatic rings. The van der Waals surface area contributed by atoms with Crippen molar-refractivity contribution in [3.05, 3.63) is 60.8 Å². The highest BCUT2D eigenvalue weighted by atomic mass is 16.3. The Labute approximate surface area is 508 Å². The van der Waals surface area contributed by atoms with E-state index in [4.69, 9.17) is 0 Å². The highest BCUT2D eigenvalue weighted by molar-refractivity contribution is 5.76. The highest BCUT2D eigenvalue weighted by Crippen LogP contribution is 2.19. The van der Waals surface area contributed by atoms with Gasteiger partial charge in [-0.2, -0.15) is 0 Å². The van der Waals surface area contributed by atoms with Gasteiger partial charge in [-0.15, -0.1) is 0 Å². The molecule has 0 radical (unpaired) electrons. The fourth-order valence-electron chi connectivity index (χ4n) is 11.6. The summed E-state index contributed by atoms with van der Waals surface area (Å²) in [4.78, 5) is 12.5. The van der Waals surface area contributed by atoms with Gasteiger partial charge in [0.2, 0.25) is 5.91 Å². The van der Waals surface area contributed by atoms with Crippen LogP contribution in [0.2, 0.25) is 0 Å². The minimum Gasteiger partial charge on any atom is -0.394 e. The summed E-state index contributed by atoms with van der Waals surface area (Å²) in [6, 6.07) is -0.641. The standard InChI is InChI=1S/C77H145NO3/c1-3-5-7-9-11-13-15-17-19-21-23-25-27-29-31-33-35-36-37-38-39-40-41-42-43-45-47-49-51-53-55-57-59-61-63-65-67-69-71-73-77(81)78-75(74-79)76(80)72-70-68-66-64-62-60-58-56-54-52-50-48-46-44-34-32-30-28-26-24-22-20-18-16-14-12-10-8-6-4-2/h15,17,21,23,27,29,62,64,70,72,75-76,79-80H,3-14,16,18-20,22,24-26,28,30-61,63,65-69,71,73-74H2,1-2H3,(H,78,81)/b17-15-,23-21-,29-27-,64-62+,72-70+. The van der Waals surface area contributed by atoms with E-state index >= 15 is 0 Å². The van der Waals surface area contributed by atoms with E-state index in [1.54, 1.807) is 6.08 Å². The van der Waals surface area contributed by atoms with E-state index in [1.807, 2.05) is 6.08 Å². The Bertz CT molecular complexity index is 1330.